The van der Waals surface area contributed by atoms with Crippen LogP contribution >= 0.6 is 11.6 Å². The summed E-state index contributed by atoms with van der Waals surface area (Å²) in [5.41, 5.74) is 4.45. The summed E-state index contributed by atoms with van der Waals surface area (Å²) in [4.78, 5) is 12.3. The summed E-state index contributed by atoms with van der Waals surface area (Å²) in [6.07, 6.45) is 0. The van der Waals surface area contributed by atoms with E-state index in [0.29, 0.717) is 16.3 Å². The summed E-state index contributed by atoms with van der Waals surface area (Å²) in [5.74, 6) is -0.122. The molecule has 0 aliphatic carbocycles. The Morgan fingerprint density at radius 1 is 1.05 bits per heavy atom. The molecule has 1 amide bonds. The third-order valence-corrected chi connectivity index (χ3v) is 3.36. The second kappa shape index (κ2) is 5.45. The Morgan fingerprint density at radius 3 is 2.21 bits per heavy atom. The standard InChI is InChI=1S/C16H16ClNO/c1-10-8-11(2)15(12(3)9-10)16(19)18-14-7-5-4-6-13(14)17/h4-9H,1-3H3,(H,18,19). The number of halogens is 1. The van der Waals surface area contributed by atoms with Crippen LogP contribution in [0.15, 0.2) is 36.4 Å². The average Bonchev–Trinajstić information content (AvgIpc) is 2.30. The van der Waals surface area contributed by atoms with Crippen LogP contribution in [0.3, 0.4) is 0 Å². The number of benzene rings is 2. The maximum absolute atomic E-state index is 12.3. The number of anilines is 1. The van der Waals surface area contributed by atoms with Gasteiger partial charge in [0.2, 0.25) is 0 Å². The number of nitrogens with one attached hydrogen (secondary N) is 1. The van der Waals surface area contributed by atoms with E-state index in [1.54, 1.807) is 12.1 Å². The van der Waals surface area contributed by atoms with E-state index in [4.69, 9.17) is 11.6 Å². The summed E-state index contributed by atoms with van der Waals surface area (Å²) in [7, 11) is 0. The lowest BCUT2D eigenvalue weighted by Crippen LogP contribution is -2.15. The molecule has 0 bridgehead atoms. The van der Waals surface area contributed by atoms with Crippen LogP contribution in [0.4, 0.5) is 5.69 Å². The molecule has 0 aromatic heterocycles. The molecule has 0 saturated heterocycles. The highest BCUT2D eigenvalue weighted by molar-refractivity contribution is 6.33. The molecule has 2 aromatic carbocycles. The summed E-state index contributed by atoms with van der Waals surface area (Å²) in [6.45, 7) is 5.92. The first-order valence-electron chi connectivity index (χ1n) is 6.13. The Morgan fingerprint density at radius 2 is 1.63 bits per heavy atom. The van der Waals surface area contributed by atoms with Gasteiger partial charge in [-0.05, 0) is 44.0 Å². The summed E-state index contributed by atoms with van der Waals surface area (Å²) < 4.78 is 0. The smallest absolute Gasteiger partial charge is 0.256 e. The van der Waals surface area contributed by atoms with Crippen molar-refractivity contribution in [2.45, 2.75) is 20.8 Å². The number of aryl methyl sites for hydroxylation is 3. The van der Waals surface area contributed by atoms with Crippen LogP contribution in [0, 0.1) is 20.8 Å². The van der Waals surface area contributed by atoms with E-state index in [1.807, 2.05) is 45.0 Å². The molecule has 0 aliphatic rings. The molecule has 0 spiro atoms. The van der Waals surface area contributed by atoms with Gasteiger partial charge in [0.05, 0.1) is 10.7 Å². The highest BCUT2D eigenvalue weighted by atomic mass is 35.5. The topological polar surface area (TPSA) is 29.1 Å². The van der Waals surface area contributed by atoms with Gasteiger partial charge in [-0.1, -0.05) is 41.4 Å². The quantitative estimate of drug-likeness (QED) is 0.856. The lowest BCUT2D eigenvalue weighted by Gasteiger charge is -2.12. The van der Waals surface area contributed by atoms with Gasteiger partial charge < -0.3 is 5.32 Å². The second-order valence-electron chi connectivity index (χ2n) is 4.71. The normalized spacial score (nSPS) is 10.3. The van der Waals surface area contributed by atoms with Crippen LogP contribution in [-0.4, -0.2) is 5.91 Å². The van der Waals surface area contributed by atoms with Gasteiger partial charge in [0.1, 0.15) is 0 Å². The minimum atomic E-state index is -0.122. The van der Waals surface area contributed by atoms with Gasteiger partial charge in [0.25, 0.3) is 5.91 Å². The molecule has 2 aromatic rings. The fourth-order valence-corrected chi connectivity index (χ4v) is 2.47. The van der Waals surface area contributed by atoms with E-state index in [2.05, 4.69) is 5.32 Å². The summed E-state index contributed by atoms with van der Waals surface area (Å²) in [5, 5.41) is 3.40. The van der Waals surface area contributed by atoms with E-state index in [0.717, 1.165) is 16.7 Å². The zero-order valence-electron chi connectivity index (χ0n) is 11.3. The van der Waals surface area contributed by atoms with Gasteiger partial charge in [-0.2, -0.15) is 0 Å². The predicted molar refractivity (Wildman–Crippen MR) is 80.1 cm³/mol. The van der Waals surface area contributed by atoms with E-state index in [9.17, 15) is 4.79 Å². The summed E-state index contributed by atoms with van der Waals surface area (Å²) >= 11 is 6.05. The Hall–Kier alpha value is -1.80. The minimum Gasteiger partial charge on any atom is -0.321 e. The zero-order valence-corrected chi connectivity index (χ0v) is 12.0. The second-order valence-corrected chi connectivity index (χ2v) is 5.11. The number of amides is 1. The van der Waals surface area contributed by atoms with Gasteiger partial charge >= 0.3 is 0 Å². The van der Waals surface area contributed by atoms with Crippen LogP contribution in [0.5, 0.6) is 0 Å². The Labute approximate surface area is 118 Å². The lowest BCUT2D eigenvalue weighted by atomic mass is 9.99. The molecule has 2 rings (SSSR count). The number of para-hydroxylation sites is 1. The van der Waals surface area contributed by atoms with Gasteiger partial charge in [-0.25, -0.2) is 0 Å². The first-order chi connectivity index (χ1) is 8.99. The van der Waals surface area contributed by atoms with Crippen LogP contribution in [0.2, 0.25) is 5.02 Å². The van der Waals surface area contributed by atoms with E-state index in [1.165, 1.54) is 0 Å². The number of carbonyl (C=O) groups is 1. The Bertz CT molecular complexity index is 611. The zero-order chi connectivity index (χ0) is 14.0. The third-order valence-electron chi connectivity index (χ3n) is 3.03. The molecule has 1 N–H and O–H groups in total. The van der Waals surface area contributed by atoms with Crippen molar-refractivity contribution in [1.82, 2.24) is 0 Å². The number of hydrogen-bond acceptors (Lipinski definition) is 1. The highest BCUT2D eigenvalue weighted by Gasteiger charge is 2.13. The molecular formula is C16H16ClNO. The van der Waals surface area contributed by atoms with Gasteiger partial charge in [-0.3, -0.25) is 4.79 Å². The number of carbonyl (C=O) groups excluding carboxylic acids is 1. The Balaban J connectivity index is 2.34. The fourth-order valence-electron chi connectivity index (χ4n) is 2.29. The van der Waals surface area contributed by atoms with Crippen molar-refractivity contribution in [3.05, 3.63) is 63.7 Å². The Kier molecular flexibility index (Phi) is 3.91. The van der Waals surface area contributed by atoms with Crippen LogP contribution in [-0.2, 0) is 0 Å². The lowest BCUT2D eigenvalue weighted by molar-refractivity contribution is 0.102. The number of rotatable bonds is 2. The molecule has 0 saturated carbocycles. The third kappa shape index (κ3) is 2.96. The first-order valence-corrected chi connectivity index (χ1v) is 6.50. The molecule has 0 radical (unpaired) electrons. The maximum atomic E-state index is 12.3. The average molecular weight is 274 g/mol. The van der Waals surface area contributed by atoms with E-state index in [-0.39, 0.29) is 5.91 Å². The molecule has 0 aliphatic heterocycles. The van der Waals surface area contributed by atoms with E-state index >= 15 is 0 Å². The molecule has 0 heterocycles. The van der Waals surface area contributed by atoms with Crippen molar-refractivity contribution >= 4 is 23.2 Å². The molecule has 0 fully saturated rings. The first kappa shape index (κ1) is 13.6. The molecule has 0 atom stereocenters. The SMILES string of the molecule is Cc1cc(C)c(C(=O)Nc2ccccc2Cl)c(C)c1. The van der Waals surface area contributed by atoms with Crippen molar-refractivity contribution in [3.8, 4) is 0 Å². The largest absolute Gasteiger partial charge is 0.321 e. The monoisotopic (exact) mass is 273 g/mol. The van der Waals surface area contributed by atoms with Crippen LogP contribution in [0.1, 0.15) is 27.0 Å². The van der Waals surface area contributed by atoms with E-state index < -0.39 is 0 Å². The van der Waals surface area contributed by atoms with Gasteiger partial charge in [0, 0.05) is 5.56 Å². The van der Waals surface area contributed by atoms with Crippen molar-refractivity contribution in [2.75, 3.05) is 5.32 Å². The highest BCUT2D eigenvalue weighted by Crippen LogP contribution is 2.23. The molecule has 0 unspecified atom stereocenters. The molecule has 3 heteroatoms. The fraction of sp³-hybridized carbons (Fsp3) is 0.188. The molecule has 2 nitrogen and oxygen atoms in total. The van der Waals surface area contributed by atoms with Crippen LogP contribution < -0.4 is 5.32 Å². The maximum Gasteiger partial charge on any atom is 0.256 e. The van der Waals surface area contributed by atoms with Crippen molar-refractivity contribution < 1.29 is 4.79 Å². The molecular weight excluding hydrogens is 258 g/mol. The van der Waals surface area contributed by atoms with Crippen molar-refractivity contribution in [3.63, 3.8) is 0 Å². The van der Waals surface area contributed by atoms with Gasteiger partial charge in [0.15, 0.2) is 0 Å². The van der Waals surface area contributed by atoms with Gasteiger partial charge in [-0.15, -0.1) is 0 Å². The van der Waals surface area contributed by atoms with Crippen molar-refractivity contribution in [2.24, 2.45) is 0 Å². The molecule has 19 heavy (non-hydrogen) atoms. The predicted octanol–water partition coefficient (Wildman–Crippen LogP) is 4.52. The summed E-state index contributed by atoms with van der Waals surface area (Å²) in [6, 6.07) is 11.2. The number of hydrogen-bond donors (Lipinski definition) is 1. The van der Waals surface area contributed by atoms with Crippen LogP contribution in [0.25, 0.3) is 0 Å². The van der Waals surface area contributed by atoms with Crippen molar-refractivity contribution in [1.29, 1.82) is 0 Å². The molecule has 98 valence electrons. The minimum absolute atomic E-state index is 0.122.